The summed E-state index contributed by atoms with van der Waals surface area (Å²) in [6, 6.07) is 15.9. The third kappa shape index (κ3) is 2.82. The zero-order valence-electron chi connectivity index (χ0n) is 14.3. The Labute approximate surface area is 159 Å². The molecule has 0 saturated carbocycles. The number of methoxy groups -OCH3 is 2. The first-order valence-corrected chi connectivity index (χ1v) is 8.81. The van der Waals surface area contributed by atoms with Crippen LogP contribution in [-0.4, -0.2) is 28.8 Å². The maximum Gasteiger partial charge on any atom is 0.163 e. The fourth-order valence-corrected chi connectivity index (χ4v) is 3.20. The van der Waals surface area contributed by atoms with E-state index in [2.05, 4.69) is 26.0 Å². The van der Waals surface area contributed by atoms with E-state index in [4.69, 9.17) is 9.47 Å². The zero-order chi connectivity index (χ0) is 18.1. The second-order valence-corrected chi connectivity index (χ2v) is 6.62. The highest BCUT2D eigenvalue weighted by Gasteiger charge is 2.13. The molecule has 0 aliphatic carbocycles. The fourth-order valence-electron chi connectivity index (χ4n) is 2.94. The van der Waals surface area contributed by atoms with Crippen LogP contribution in [0.15, 0.2) is 65.4 Å². The molecule has 4 rings (SSSR count). The van der Waals surface area contributed by atoms with Crippen molar-refractivity contribution in [3.63, 3.8) is 0 Å². The molecule has 0 N–H and O–H groups in total. The van der Waals surface area contributed by atoms with Crippen LogP contribution in [0, 0.1) is 0 Å². The van der Waals surface area contributed by atoms with Crippen LogP contribution in [0.25, 0.3) is 28.0 Å². The number of aromatic nitrogens is 3. The van der Waals surface area contributed by atoms with Gasteiger partial charge in [0.05, 0.1) is 26.1 Å². The van der Waals surface area contributed by atoms with Gasteiger partial charge in [0.25, 0.3) is 0 Å². The molecule has 0 aliphatic rings. The van der Waals surface area contributed by atoms with Gasteiger partial charge in [-0.15, -0.1) is 0 Å². The minimum atomic E-state index is 0.676. The van der Waals surface area contributed by atoms with Gasteiger partial charge in [0, 0.05) is 21.8 Å². The van der Waals surface area contributed by atoms with Gasteiger partial charge in [-0.3, -0.25) is 0 Å². The molecular weight excluding hydrogens is 394 g/mol. The van der Waals surface area contributed by atoms with Crippen molar-refractivity contribution >= 4 is 21.6 Å². The van der Waals surface area contributed by atoms with Crippen LogP contribution in [-0.2, 0) is 0 Å². The Morgan fingerprint density at radius 1 is 0.885 bits per heavy atom. The van der Waals surface area contributed by atoms with Crippen LogP contribution in [0.2, 0.25) is 0 Å². The second-order valence-electron chi connectivity index (χ2n) is 5.70. The summed E-state index contributed by atoms with van der Waals surface area (Å²) >= 11 is 3.47. The predicted molar refractivity (Wildman–Crippen MR) is 105 cm³/mol. The number of ether oxygens (including phenoxy) is 2. The standard InChI is InChI=1S/C20H16BrN3O2/c1-25-18-8-5-14(11-19(18)26-2)17-9-10-22-20-16(12-23-24(17)20)13-3-6-15(21)7-4-13/h3-12H,1-2H3. The number of rotatable bonds is 4. The fraction of sp³-hybridized carbons (Fsp3) is 0.100. The largest absolute Gasteiger partial charge is 0.493 e. The maximum atomic E-state index is 5.42. The van der Waals surface area contributed by atoms with Crippen LogP contribution < -0.4 is 9.47 Å². The minimum Gasteiger partial charge on any atom is -0.493 e. The first kappa shape index (κ1) is 16.6. The summed E-state index contributed by atoms with van der Waals surface area (Å²) in [7, 11) is 3.25. The summed E-state index contributed by atoms with van der Waals surface area (Å²) < 4.78 is 13.6. The lowest BCUT2D eigenvalue weighted by atomic mass is 10.1. The third-order valence-electron chi connectivity index (χ3n) is 4.24. The van der Waals surface area contributed by atoms with Crippen molar-refractivity contribution in [3.05, 3.63) is 65.4 Å². The molecule has 2 heterocycles. The molecule has 26 heavy (non-hydrogen) atoms. The third-order valence-corrected chi connectivity index (χ3v) is 4.76. The molecule has 0 unspecified atom stereocenters. The van der Waals surface area contributed by atoms with Crippen molar-refractivity contribution in [2.24, 2.45) is 0 Å². The smallest absolute Gasteiger partial charge is 0.163 e. The highest BCUT2D eigenvalue weighted by molar-refractivity contribution is 9.10. The summed E-state index contributed by atoms with van der Waals surface area (Å²) in [4.78, 5) is 4.54. The Balaban J connectivity index is 1.86. The number of hydrogen-bond donors (Lipinski definition) is 0. The highest BCUT2D eigenvalue weighted by atomic mass is 79.9. The van der Waals surface area contributed by atoms with Crippen LogP contribution in [0.3, 0.4) is 0 Å². The SMILES string of the molecule is COc1ccc(-c2ccnc3c(-c4ccc(Br)cc4)cnn23)cc1OC. The molecule has 2 aromatic carbocycles. The Kier molecular flexibility index (Phi) is 4.34. The molecule has 0 atom stereocenters. The molecule has 0 fully saturated rings. The minimum absolute atomic E-state index is 0.676. The van der Waals surface area contributed by atoms with E-state index in [9.17, 15) is 0 Å². The van der Waals surface area contributed by atoms with E-state index in [0.29, 0.717) is 11.5 Å². The van der Waals surface area contributed by atoms with E-state index >= 15 is 0 Å². The Hall–Kier alpha value is -2.86. The Morgan fingerprint density at radius 2 is 1.62 bits per heavy atom. The second kappa shape index (κ2) is 6.80. The van der Waals surface area contributed by atoms with E-state index in [1.165, 1.54) is 0 Å². The van der Waals surface area contributed by atoms with E-state index in [0.717, 1.165) is 32.5 Å². The molecule has 4 aromatic rings. The van der Waals surface area contributed by atoms with E-state index in [-0.39, 0.29) is 0 Å². The molecule has 0 saturated heterocycles. The summed E-state index contributed by atoms with van der Waals surface area (Å²) in [5.74, 6) is 1.37. The lowest BCUT2D eigenvalue weighted by molar-refractivity contribution is 0.355. The van der Waals surface area contributed by atoms with Crippen LogP contribution in [0.4, 0.5) is 0 Å². The summed E-state index contributed by atoms with van der Waals surface area (Å²) in [5, 5.41) is 4.56. The Bertz CT molecular complexity index is 1070. The maximum absolute atomic E-state index is 5.42. The topological polar surface area (TPSA) is 48.7 Å². The number of benzene rings is 2. The normalized spacial score (nSPS) is 10.9. The van der Waals surface area contributed by atoms with Gasteiger partial charge in [-0.25, -0.2) is 9.50 Å². The molecule has 0 spiro atoms. The molecule has 130 valence electrons. The van der Waals surface area contributed by atoms with Gasteiger partial charge >= 0.3 is 0 Å². The van der Waals surface area contributed by atoms with Crippen molar-refractivity contribution in [1.82, 2.24) is 14.6 Å². The number of halogens is 1. The molecule has 2 aromatic heterocycles. The molecular formula is C20H16BrN3O2. The van der Waals surface area contributed by atoms with Gasteiger partial charge in [-0.05, 0) is 42.0 Å². The quantitative estimate of drug-likeness (QED) is 0.483. The molecule has 0 aliphatic heterocycles. The number of nitrogens with zero attached hydrogens (tertiary/aromatic N) is 3. The van der Waals surface area contributed by atoms with Crippen LogP contribution in [0.1, 0.15) is 0 Å². The number of fused-ring (bicyclic) bond motifs is 1. The lowest BCUT2D eigenvalue weighted by Crippen LogP contribution is -1.97. The summed E-state index contributed by atoms with van der Waals surface area (Å²) in [6.07, 6.45) is 3.64. The molecule has 0 bridgehead atoms. The van der Waals surface area contributed by atoms with Crippen molar-refractivity contribution in [2.75, 3.05) is 14.2 Å². The lowest BCUT2D eigenvalue weighted by Gasteiger charge is -2.10. The average Bonchev–Trinajstić information content (AvgIpc) is 3.12. The van der Waals surface area contributed by atoms with Crippen molar-refractivity contribution in [2.45, 2.75) is 0 Å². The summed E-state index contributed by atoms with van der Waals surface area (Å²) in [5.41, 5.74) is 4.76. The van der Waals surface area contributed by atoms with E-state index in [1.54, 1.807) is 20.4 Å². The highest BCUT2D eigenvalue weighted by Crippen LogP contribution is 2.33. The number of hydrogen-bond acceptors (Lipinski definition) is 4. The van der Waals surface area contributed by atoms with Crippen molar-refractivity contribution < 1.29 is 9.47 Å². The molecule has 0 amide bonds. The summed E-state index contributed by atoms with van der Waals surface area (Å²) in [6.45, 7) is 0. The molecule has 5 nitrogen and oxygen atoms in total. The van der Waals surface area contributed by atoms with Gasteiger partial charge in [-0.2, -0.15) is 5.10 Å². The van der Waals surface area contributed by atoms with Crippen LogP contribution in [0.5, 0.6) is 11.5 Å². The van der Waals surface area contributed by atoms with Crippen LogP contribution >= 0.6 is 15.9 Å². The zero-order valence-corrected chi connectivity index (χ0v) is 15.9. The predicted octanol–water partition coefficient (Wildman–Crippen LogP) is 4.84. The van der Waals surface area contributed by atoms with Gasteiger partial charge in [0.2, 0.25) is 0 Å². The average molecular weight is 410 g/mol. The van der Waals surface area contributed by atoms with Gasteiger partial charge in [-0.1, -0.05) is 28.1 Å². The van der Waals surface area contributed by atoms with E-state index in [1.807, 2.05) is 59.2 Å². The first-order valence-electron chi connectivity index (χ1n) is 8.02. The molecule has 0 radical (unpaired) electrons. The Morgan fingerprint density at radius 3 is 2.35 bits per heavy atom. The van der Waals surface area contributed by atoms with Gasteiger partial charge in [0.15, 0.2) is 17.1 Å². The monoisotopic (exact) mass is 409 g/mol. The first-order chi connectivity index (χ1) is 12.7. The molecule has 6 heteroatoms. The van der Waals surface area contributed by atoms with Crippen molar-refractivity contribution in [3.8, 4) is 33.9 Å². The van der Waals surface area contributed by atoms with Gasteiger partial charge < -0.3 is 9.47 Å². The van der Waals surface area contributed by atoms with Gasteiger partial charge in [0.1, 0.15) is 0 Å². The van der Waals surface area contributed by atoms with E-state index < -0.39 is 0 Å². The van der Waals surface area contributed by atoms with Crippen molar-refractivity contribution in [1.29, 1.82) is 0 Å².